The van der Waals surface area contributed by atoms with Gasteiger partial charge in [-0.15, -0.1) is 0 Å². The number of thiophene rings is 1. The Morgan fingerprint density at radius 2 is 1.56 bits per heavy atom. The molecule has 0 aliphatic rings. The summed E-state index contributed by atoms with van der Waals surface area (Å²) in [4.78, 5) is 1.79. The molecule has 3 radical (unpaired) electrons. The number of nitrogens with zero attached hydrogens (tertiary/aromatic N) is 1. The molecule has 16 heavy (non-hydrogen) atoms. The molecule has 0 saturated carbocycles. The fourth-order valence-corrected chi connectivity index (χ4v) is 2.13. The fraction of sp³-hybridized carbons (Fsp3) is 0.600. The van der Waals surface area contributed by atoms with Crippen LogP contribution in [0.3, 0.4) is 0 Å². The normalized spacial score (nSPS) is 10.1. The molecule has 1 aromatic rings. The van der Waals surface area contributed by atoms with Gasteiger partial charge in [-0.1, -0.05) is 0 Å². The Bertz CT molecular complexity index is 220. The summed E-state index contributed by atoms with van der Waals surface area (Å²) in [5, 5.41) is 27.5. The van der Waals surface area contributed by atoms with Gasteiger partial charge in [-0.05, 0) is 0 Å². The van der Waals surface area contributed by atoms with E-state index in [9.17, 15) is 0 Å². The quantitative estimate of drug-likeness (QED) is 0.578. The zero-order valence-electron chi connectivity index (χ0n) is 9.17. The average Bonchev–Trinajstić information content (AvgIpc) is 2.71. The fourth-order valence-electron chi connectivity index (χ4n) is 1.04. The Morgan fingerprint density at radius 3 is 1.75 bits per heavy atom. The van der Waals surface area contributed by atoms with E-state index in [1.807, 2.05) is 0 Å². The standard InChI is InChI=1S/C6H15NO3.C4H3GeS/c8-4-1-7(2-5-9)3-6-10;5-4-2-1-3-6-4/h8-10H,1-6H2;1-3H. The zero-order chi connectivity index (χ0) is 12.2. The zero-order valence-corrected chi connectivity index (χ0v) is 12.1. The predicted molar refractivity (Wildman–Crippen MR) is 67.4 cm³/mol. The second-order valence-electron chi connectivity index (χ2n) is 2.99. The van der Waals surface area contributed by atoms with Crippen LogP contribution >= 0.6 is 11.3 Å². The van der Waals surface area contributed by atoms with E-state index in [4.69, 9.17) is 15.3 Å². The first kappa shape index (κ1) is 16.1. The van der Waals surface area contributed by atoms with Gasteiger partial charge in [0.05, 0.1) is 19.8 Å². The van der Waals surface area contributed by atoms with Crippen molar-refractivity contribution in [2.75, 3.05) is 39.5 Å². The van der Waals surface area contributed by atoms with Gasteiger partial charge in [0.1, 0.15) is 0 Å². The second-order valence-corrected chi connectivity index (χ2v) is 5.83. The summed E-state index contributed by atoms with van der Waals surface area (Å²) in [5.41, 5.74) is 0. The SMILES string of the molecule is OCCN(CCO)CCO.[Ge][c]1cccs1. The molecular formula is C10H18GeNO3S. The molecule has 0 unspecified atom stereocenters. The summed E-state index contributed by atoms with van der Waals surface area (Å²) >= 11 is 3.88. The van der Waals surface area contributed by atoms with Gasteiger partial charge in [0.15, 0.2) is 0 Å². The Morgan fingerprint density at radius 1 is 1.06 bits per heavy atom. The predicted octanol–water partition coefficient (Wildman–Crippen LogP) is -1.19. The molecule has 1 rings (SSSR count). The van der Waals surface area contributed by atoms with Crippen LogP contribution in [0.1, 0.15) is 0 Å². The van der Waals surface area contributed by atoms with Crippen LogP contribution in [-0.4, -0.2) is 76.2 Å². The third-order valence-corrected chi connectivity index (χ3v) is 3.54. The van der Waals surface area contributed by atoms with E-state index in [2.05, 4.69) is 34.0 Å². The second kappa shape index (κ2) is 11.6. The van der Waals surface area contributed by atoms with Gasteiger partial charge in [0.2, 0.25) is 0 Å². The summed E-state index contributed by atoms with van der Waals surface area (Å²) in [7, 11) is 0. The van der Waals surface area contributed by atoms with E-state index in [0.29, 0.717) is 19.6 Å². The molecule has 1 heterocycles. The van der Waals surface area contributed by atoms with Crippen molar-refractivity contribution in [2.24, 2.45) is 0 Å². The first-order chi connectivity index (χ1) is 7.74. The Balaban J connectivity index is 0.000000315. The first-order valence-electron chi connectivity index (χ1n) is 5.04. The molecular weight excluding hydrogens is 287 g/mol. The summed E-state index contributed by atoms with van der Waals surface area (Å²) in [6.45, 7) is 1.75. The van der Waals surface area contributed by atoms with Gasteiger partial charge in [-0.25, -0.2) is 0 Å². The summed E-state index contributed by atoms with van der Waals surface area (Å²) < 4.78 is 1.38. The monoisotopic (exact) mass is 306 g/mol. The van der Waals surface area contributed by atoms with Crippen LogP contribution in [0.5, 0.6) is 0 Å². The van der Waals surface area contributed by atoms with Crippen LogP contribution in [0.2, 0.25) is 0 Å². The summed E-state index contributed by atoms with van der Waals surface area (Å²) in [6.07, 6.45) is 0. The molecule has 0 atom stereocenters. The molecule has 1 aromatic heterocycles. The molecule has 91 valence electrons. The molecule has 0 aliphatic heterocycles. The van der Waals surface area contributed by atoms with Crippen molar-refractivity contribution >= 4 is 31.6 Å². The van der Waals surface area contributed by atoms with Crippen LogP contribution in [-0.2, 0) is 0 Å². The number of hydrogen-bond donors (Lipinski definition) is 3. The van der Waals surface area contributed by atoms with Crippen LogP contribution < -0.4 is 3.71 Å². The summed E-state index contributed by atoms with van der Waals surface area (Å²) in [6, 6.07) is 4.16. The Hall–Kier alpha value is 0.0829. The van der Waals surface area contributed by atoms with Crippen LogP contribution in [0, 0.1) is 0 Å². The molecule has 3 N–H and O–H groups in total. The van der Waals surface area contributed by atoms with Crippen molar-refractivity contribution in [3.05, 3.63) is 17.5 Å². The minimum absolute atomic E-state index is 0.0694. The molecule has 0 amide bonds. The van der Waals surface area contributed by atoms with Crippen molar-refractivity contribution < 1.29 is 15.3 Å². The molecule has 0 aromatic carbocycles. The molecule has 0 spiro atoms. The number of aliphatic hydroxyl groups is 3. The van der Waals surface area contributed by atoms with Gasteiger partial charge in [0.25, 0.3) is 0 Å². The number of aliphatic hydroxyl groups excluding tert-OH is 3. The van der Waals surface area contributed by atoms with E-state index in [1.54, 1.807) is 16.2 Å². The van der Waals surface area contributed by atoms with Crippen molar-refractivity contribution in [3.63, 3.8) is 0 Å². The van der Waals surface area contributed by atoms with Crippen molar-refractivity contribution in [1.29, 1.82) is 0 Å². The van der Waals surface area contributed by atoms with E-state index >= 15 is 0 Å². The van der Waals surface area contributed by atoms with Gasteiger partial charge in [-0.2, -0.15) is 0 Å². The van der Waals surface area contributed by atoms with E-state index < -0.39 is 0 Å². The van der Waals surface area contributed by atoms with Gasteiger partial charge in [-0.3, -0.25) is 4.90 Å². The third kappa shape index (κ3) is 9.32. The Labute approximate surface area is 109 Å². The van der Waals surface area contributed by atoms with E-state index in [0.717, 1.165) is 0 Å². The van der Waals surface area contributed by atoms with Crippen molar-refractivity contribution in [1.82, 2.24) is 4.90 Å². The molecule has 0 saturated heterocycles. The van der Waals surface area contributed by atoms with Crippen molar-refractivity contribution in [3.8, 4) is 0 Å². The number of hydrogen-bond acceptors (Lipinski definition) is 5. The molecule has 6 heteroatoms. The van der Waals surface area contributed by atoms with Gasteiger partial charge < -0.3 is 15.3 Å². The minimum atomic E-state index is 0.0694. The van der Waals surface area contributed by atoms with Crippen LogP contribution in [0.25, 0.3) is 0 Å². The topological polar surface area (TPSA) is 63.9 Å². The maximum absolute atomic E-state index is 8.48. The maximum atomic E-state index is 8.48. The molecule has 0 bridgehead atoms. The average molecular weight is 305 g/mol. The van der Waals surface area contributed by atoms with Crippen LogP contribution in [0.4, 0.5) is 0 Å². The van der Waals surface area contributed by atoms with E-state index in [-0.39, 0.29) is 19.8 Å². The number of rotatable bonds is 6. The Kier molecular flexibility index (Phi) is 11.6. The first-order valence-corrected chi connectivity index (χ1v) is 6.97. The molecule has 4 nitrogen and oxygen atoms in total. The van der Waals surface area contributed by atoms with Crippen LogP contribution in [0.15, 0.2) is 17.5 Å². The molecule has 0 aliphatic carbocycles. The summed E-state index contributed by atoms with van der Waals surface area (Å²) in [5.74, 6) is 0. The molecule has 0 fully saturated rings. The third-order valence-electron chi connectivity index (χ3n) is 1.77. The van der Waals surface area contributed by atoms with E-state index in [1.165, 1.54) is 3.71 Å². The van der Waals surface area contributed by atoms with Crippen molar-refractivity contribution in [2.45, 2.75) is 0 Å². The van der Waals surface area contributed by atoms with Gasteiger partial charge in [0, 0.05) is 19.6 Å². The van der Waals surface area contributed by atoms with Gasteiger partial charge >= 0.3 is 49.1 Å².